The number of amides is 1. The Morgan fingerprint density at radius 2 is 1.72 bits per heavy atom. The molecule has 0 radical (unpaired) electrons. The average molecular weight is 394 g/mol. The van der Waals surface area contributed by atoms with Crippen molar-refractivity contribution in [1.29, 1.82) is 0 Å². The number of carbonyl (C=O) groups excluding carboxylic acids is 1. The molecule has 0 aliphatic carbocycles. The molecule has 1 amide bonds. The molecule has 6 heteroatoms. The number of rotatable bonds is 3. The van der Waals surface area contributed by atoms with Gasteiger partial charge in [0.25, 0.3) is 5.91 Å². The third-order valence-electron chi connectivity index (χ3n) is 6.31. The predicted molar refractivity (Wildman–Crippen MR) is 117 cm³/mol. The summed E-state index contributed by atoms with van der Waals surface area (Å²) in [7, 11) is 0. The van der Waals surface area contributed by atoms with Gasteiger partial charge in [-0.25, -0.2) is 9.97 Å². The van der Waals surface area contributed by atoms with E-state index in [4.69, 9.17) is 0 Å². The predicted octanol–water partition coefficient (Wildman–Crippen LogP) is 3.29. The third-order valence-corrected chi connectivity index (χ3v) is 6.31. The van der Waals surface area contributed by atoms with Gasteiger partial charge in [0.2, 0.25) is 5.95 Å². The first kappa shape index (κ1) is 19.7. The van der Waals surface area contributed by atoms with Crippen molar-refractivity contribution in [1.82, 2.24) is 14.9 Å². The lowest BCUT2D eigenvalue weighted by Gasteiger charge is -2.37. The summed E-state index contributed by atoms with van der Waals surface area (Å²) in [5, 5.41) is 0. The highest BCUT2D eigenvalue weighted by atomic mass is 16.2. The molecule has 4 rings (SSSR count). The van der Waals surface area contributed by atoms with Gasteiger partial charge in [0.15, 0.2) is 0 Å². The number of nitrogens with zero attached hydrogens (tertiary/aromatic N) is 5. The Labute approximate surface area is 173 Å². The van der Waals surface area contributed by atoms with E-state index in [1.165, 1.54) is 29.7 Å². The third kappa shape index (κ3) is 4.21. The molecule has 0 N–H and O–H groups in total. The Hall–Kier alpha value is -2.63. The second kappa shape index (κ2) is 8.39. The van der Waals surface area contributed by atoms with Crippen LogP contribution in [0.25, 0.3) is 0 Å². The molecule has 29 heavy (non-hydrogen) atoms. The molecule has 2 fully saturated rings. The van der Waals surface area contributed by atoms with Gasteiger partial charge in [0.05, 0.1) is 5.56 Å². The fourth-order valence-electron chi connectivity index (χ4n) is 4.38. The standard InChI is InChI=1S/C23H31N5O/c1-17-6-5-9-28(16-17)23-24-14-20(15-25-23)22(29)27-12-10-26(11-13-27)21-8-4-7-18(2)19(21)3/h4,7-8,14-15,17H,5-6,9-13,16H2,1-3H3. The van der Waals surface area contributed by atoms with E-state index >= 15 is 0 Å². The summed E-state index contributed by atoms with van der Waals surface area (Å²) >= 11 is 0. The van der Waals surface area contributed by atoms with E-state index < -0.39 is 0 Å². The molecule has 3 heterocycles. The van der Waals surface area contributed by atoms with Gasteiger partial charge in [-0.15, -0.1) is 0 Å². The number of aromatic nitrogens is 2. The number of carbonyl (C=O) groups is 1. The first-order valence-electron chi connectivity index (χ1n) is 10.7. The van der Waals surface area contributed by atoms with Crippen molar-refractivity contribution >= 4 is 17.5 Å². The monoisotopic (exact) mass is 393 g/mol. The number of piperazine rings is 1. The molecule has 2 aliphatic heterocycles. The van der Waals surface area contributed by atoms with Gasteiger partial charge in [-0.3, -0.25) is 4.79 Å². The zero-order valence-electron chi connectivity index (χ0n) is 17.8. The van der Waals surface area contributed by atoms with Crippen LogP contribution in [0.3, 0.4) is 0 Å². The quantitative estimate of drug-likeness (QED) is 0.801. The maximum atomic E-state index is 12.9. The van der Waals surface area contributed by atoms with E-state index in [0.29, 0.717) is 11.5 Å². The van der Waals surface area contributed by atoms with Crippen LogP contribution in [0.4, 0.5) is 11.6 Å². The Morgan fingerprint density at radius 3 is 2.41 bits per heavy atom. The van der Waals surface area contributed by atoms with E-state index in [-0.39, 0.29) is 5.91 Å². The molecule has 1 aromatic carbocycles. The summed E-state index contributed by atoms with van der Waals surface area (Å²) in [5.74, 6) is 1.44. The van der Waals surface area contributed by atoms with Crippen LogP contribution in [0, 0.1) is 19.8 Å². The van der Waals surface area contributed by atoms with E-state index in [1.807, 2.05) is 4.90 Å². The molecule has 2 aliphatic rings. The van der Waals surface area contributed by atoms with E-state index in [2.05, 4.69) is 58.7 Å². The highest BCUT2D eigenvalue weighted by Crippen LogP contribution is 2.24. The number of hydrogen-bond donors (Lipinski definition) is 0. The molecule has 1 atom stereocenters. The molecule has 0 spiro atoms. The van der Waals surface area contributed by atoms with Crippen LogP contribution in [-0.2, 0) is 0 Å². The highest BCUT2D eigenvalue weighted by molar-refractivity contribution is 5.93. The molecule has 0 bridgehead atoms. The summed E-state index contributed by atoms with van der Waals surface area (Å²) in [6, 6.07) is 6.43. The summed E-state index contributed by atoms with van der Waals surface area (Å²) in [6.07, 6.45) is 5.83. The van der Waals surface area contributed by atoms with Crippen molar-refractivity contribution in [2.75, 3.05) is 49.1 Å². The van der Waals surface area contributed by atoms with Crippen molar-refractivity contribution in [3.8, 4) is 0 Å². The maximum Gasteiger partial charge on any atom is 0.257 e. The molecule has 2 aromatic rings. The highest BCUT2D eigenvalue weighted by Gasteiger charge is 2.24. The first-order valence-corrected chi connectivity index (χ1v) is 10.7. The van der Waals surface area contributed by atoms with Gasteiger partial charge >= 0.3 is 0 Å². The van der Waals surface area contributed by atoms with Gasteiger partial charge in [0, 0.05) is 57.3 Å². The number of benzene rings is 1. The lowest BCUT2D eigenvalue weighted by molar-refractivity contribution is 0.0746. The lowest BCUT2D eigenvalue weighted by atomic mass is 10.0. The van der Waals surface area contributed by atoms with Crippen molar-refractivity contribution in [3.05, 3.63) is 47.3 Å². The van der Waals surface area contributed by atoms with Crippen LogP contribution in [0.15, 0.2) is 30.6 Å². The Bertz CT molecular complexity index is 858. The number of anilines is 2. The van der Waals surface area contributed by atoms with Crippen LogP contribution in [0.1, 0.15) is 41.3 Å². The van der Waals surface area contributed by atoms with Crippen LogP contribution >= 0.6 is 0 Å². The summed E-state index contributed by atoms with van der Waals surface area (Å²) in [5.41, 5.74) is 4.49. The van der Waals surface area contributed by atoms with Gasteiger partial charge in [-0.2, -0.15) is 0 Å². The fourth-order valence-corrected chi connectivity index (χ4v) is 4.38. The Kier molecular flexibility index (Phi) is 5.69. The molecular formula is C23H31N5O. The zero-order chi connectivity index (χ0) is 20.4. The minimum Gasteiger partial charge on any atom is -0.368 e. The Balaban J connectivity index is 1.37. The molecular weight excluding hydrogens is 362 g/mol. The number of aryl methyl sites for hydroxylation is 1. The molecule has 1 aromatic heterocycles. The average Bonchev–Trinajstić information content (AvgIpc) is 2.75. The minimum absolute atomic E-state index is 0.0316. The van der Waals surface area contributed by atoms with Crippen LogP contribution in [-0.4, -0.2) is 60.0 Å². The number of piperidine rings is 1. The Morgan fingerprint density at radius 1 is 1.00 bits per heavy atom. The van der Waals surface area contributed by atoms with Crippen LogP contribution < -0.4 is 9.80 Å². The summed E-state index contributed by atoms with van der Waals surface area (Å²) in [6.45, 7) is 11.7. The van der Waals surface area contributed by atoms with Gasteiger partial charge in [-0.05, 0) is 49.8 Å². The van der Waals surface area contributed by atoms with Crippen molar-refractivity contribution in [2.24, 2.45) is 5.92 Å². The van der Waals surface area contributed by atoms with Crippen LogP contribution in [0.2, 0.25) is 0 Å². The molecule has 1 unspecified atom stereocenters. The zero-order valence-corrected chi connectivity index (χ0v) is 17.8. The second-order valence-corrected chi connectivity index (χ2v) is 8.46. The summed E-state index contributed by atoms with van der Waals surface area (Å²) < 4.78 is 0. The van der Waals surface area contributed by atoms with E-state index in [0.717, 1.165) is 45.2 Å². The molecule has 2 saturated heterocycles. The van der Waals surface area contributed by atoms with Crippen molar-refractivity contribution in [3.63, 3.8) is 0 Å². The number of hydrogen-bond acceptors (Lipinski definition) is 5. The fraction of sp³-hybridized carbons (Fsp3) is 0.522. The minimum atomic E-state index is 0.0316. The van der Waals surface area contributed by atoms with Gasteiger partial charge in [-0.1, -0.05) is 19.1 Å². The van der Waals surface area contributed by atoms with Crippen LogP contribution in [0.5, 0.6) is 0 Å². The van der Waals surface area contributed by atoms with E-state index in [9.17, 15) is 4.79 Å². The topological polar surface area (TPSA) is 52.6 Å². The first-order chi connectivity index (χ1) is 14.0. The van der Waals surface area contributed by atoms with Gasteiger partial charge < -0.3 is 14.7 Å². The largest absolute Gasteiger partial charge is 0.368 e. The summed E-state index contributed by atoms with van der Waals surface area (Å²) in [4.78, 5) is 28.4. The lowest BCUT2D eigenvalue weighted by Crippen LogP contribution is -2.49. The molecule has 6 nitrogen and oxygen atoms in total. The SMILES string of the molecule is Cc1cccc(N2CCN(C(=O)c3cnc(N4CCCC(C)C4)nc3)CC2)c1C. The molecule has 0 saturated carbocycles. The maximum absolute atomic E-state index is 12.9. The molecule has 154 valence electrons. The normalized spacial score (nSPS) is 20.1. The van der Waals surface area contributed by atoms with Gasteiger partial charge in [0.1, 0.15) is 0 Å². The van der Waals surface area contributed by atoms with Crippen molar-refractivity contribution < 1.29 is 4.79 Å². The van der Waals surface area contributed by atoms with E-state index in [1.54, 1.807) is 12.4 Å². The van der Waals surface area contributed by atoms with Crippen molar-refractivity contribution in [2.45, 2.75) is 33.6 Å². The second-order valence-electron chi connectivity index (χ2n) is 8.46. The smallest absolute Gasteiger partial charge is 0.257 e.